The SMILES string of the molecule is C#C/C=C\C(=C/C)N(c1ccccc1)c1ccc2c(c1)C(C)(C)c1cc(N(c3ccccc3)c3ccc4c(c3)C(CCCCCCCC)c3cc(N(c5ccccc5)c5ccc6c(c5)C(C)(C)c5cc(N(c7ccccc7)c7ccccc7)ccc5-6)ccc3-4)ccc1-2. The highest BCUT2D eigenvalue weighted by Gasteiger charge is 2.39. The van der Waals surface area contributed by atoms with E-state index in [4.69, 9.17) is 6.42 Å². The molecule has 452 valence electrons. The lowest BCUT2D eigenvalue weighted by Crippen LogP contribution is -2.19. The van der Waals surface area contributed by atoms with Crippen LogP contribution >= 0.6 is 0 Å². The first-order valence-electron chi connectivity index (χ1n) is 33.2. The number of benzene rings is 11. The summed E-state index contributed by atoms with van der Waals surface area (Å²) in [7, 11) is 0. The molecular formula is C88H80N4. The lowest BCUT2D eigenvalue weighted by atomic mass is 9.82. The molecular weight excluding hydrogens is 1110 g/mol. The summed E-state index contributed by atoms with van der Waals surface area (Å²) in [6.45, 7) is 14.0. The van der Waals surface area contributed by atoms with Gasteiger partial charge in [0.2, 0.25) is 0 Å². The molecule has 0 radical (unpaired) electrons. The number of rotatable bonds is 20. The van der Waals surface area contributed by atoms with Gasteiger partial charge in [0.25, 0.3) is 0 Å². The molecule has 0 heterocycles. The van der Waals surface area contributed by atoms with Crippen LogP contribution in [0.4, 0.5) is 62.6 Å². The first-order chi connectivity index (χ1) is 45.0. The van der Waals surface area contributed by atoms with Crippen molar-refractivity contribution in [2.24, 2.45) is 0 Å². The highest BCUT2D eigenvalue weighted by atomic mass is 15.2. The van der Waals surface area contributed by atoms with Crippen molar-refractivity contribution in [3.63, 3.8) is 0 Å². The van der Waals surface area contributed by atoms with E-state index in [2.05, 4.69) is 334 Å². The first kappa shape index (κ1) is 59.3. The summed E-state index contributed by atoms with van der Waals surface area (Å²) in [6.07, 6.45) is 20.3. The molecule has 1 atom stereocenters. The number of hydrogen-bond donors (Lipinski definition) is 0. The van der Waals surface area contributed by atoms with Crippen LogP contribution in [0.15, 0.2) is 285 Å². The van der Waals surface area contributed by atoms with Crippen molar-refractivity contribution in [2.45, 2.75) is 103 Å². The van der Waals surface area contributed by atoms with Crippen molar-refractivity contribution in [1.29, 1.82) is 0 Å². The number of nitrogens with zero attached hydrogens (tertiary/aromatic N) is 4. The van der Waals surface area contributed by atoms with E-state index >= 15 is 0 Å². The number of allylic oxidation sites excluding steroid dienone is 3. The molecule has 3 aliphatic rings. The Morgan fingerprint density at radius 1 is 0.370 bits per heavy atom. The van der Waals surface area contributed by atoms with Crippen molar-refractivity contribution in [1.82, 2.24) is 0 Å². The predicted molar refractivity (Wildman–Crippen MR) is 391 cm³/mol. The molecule has 0 aliphatic heterocycles. The van der Waals surface area contributed by atoms with E-state index in [1.165, 1.54) is 111 Å². The van der Waals surface area contributed by atoms with Crippen LogP contribution in [-0.4, -0.2) is 0 Å². The average molecular weight is 1190 g/mol. The van der Waals surface area contributed by atoms with Crippen LogP contribution in [0.5, 0.6) is 0 Å². The van der Waals surface area contributed by atoms with Gasteiger partial charge in [0, 0.05) is 85.0 Å². The molecule has 0 bridgehead atoms. The maximum absolute atomic E-state index is 5.77. The maximum atomic E-state index is 5.77. The van der Waals surface area contributed by atoms with Gasteiger partial charge in [0.1, 0.15) is 0 Å². The molecule has 0 saturated heterocycles. The summed E-state index contributed by atoms with van der Waals surface area (Å²) in [6, 6.07) is 97.1. The van der Waals surface area contributed by atoms with E-state index in [1.807, 2.05) is 6.08 Å². The molecule has 0 N–H and O–H groups in total. The molecule has 0 saturated carbocycles. The number of terminal acetylenes is 1. The lowest BCUT2D eigenvalue weighted by Gasteiger charge is -2.30. The minimum absolute atomic E-state index is 0.221. The quantitative estimate of drug-likeness (QED) is 0.0428. The molecule has 11 aromatic rings. The Bertz CT molecular complexity index is 4550. The van der Waals surface area contributed by atoms with Crippen LogP contribution < -0.4 is 19.6 Å². The zero-order valence-electron chi connectivity index (χ0n) is 54.0. The fraction of sp³-hybridized carbons (Fsp3) is 0.182. The Hall–Kier alpha value is -10.3. The van der Waals surface area contributed by atoms with Gasteiger partial charge in [-0.2, -0.15) is 0 Å². The standard InChI is InChI=1S/C88H80N4/c1-8-11-13-14-15-31-43-74-81-56-68(91(66-39-27-19-28-40-66)72-48-54-79-77-52-46-70(58-83(77)87(4,5)85(79)60-72)89(62(10-3)32-12-9-2)63-33-21-16-22-34-63)44-50-75(81)76-51-45-69(57-82(74)76)92(67-41-29-20-30-42-67)73-49-55-80-78-53-47-71(59-84(78)88(6,7)86(80)61-73)90(64-35-23-17-24-36-64)65-37-25-18-26-38-65/h2,10,12,16-30,32-42,44-61,74H,8,11,13-15,31,43H2,1,3-7H3/b32-12-,62-10+. The second-order valence-electron chi connectivity index (χ2n) is 26.1. The maximum Gasteiger partial charge on any atom is 0.0465 e. The van der Waals surface area contributed by atoms with Crippen LogP contribution in [0.2, 0.25) is 0 Å². The smallest absolute Gasteiger partial charge is 0.0465 e. The minimum Gasteiger partial charge on any atom is -0.311 e. The van der Waals surface area contributed by atoms with Crippen molar-refractivity contribution in [3.8, 4) is 45.7 Å². The largest absolute Gasteiger partial charge is 0.311 e. The van der Waals surface area contributed by atoms with Crippen molar-refractivity contribution >= 4 is 62.6 Å². The van der Waals surface area contributed by atoms with E-state index in [9.17, 15) is 0 Å². The average Bonchev–Trinajstić information content (AvgIpc) is 1.58. The normalized spacial score (nSPS) is 14.4. The van der Waals surface area contributed by atoms with Crippen LogP contribution in [-0.2, 0) is 10.8 Å². The molecule has 92 heavy (non-hydrogen) atoms. The molecule has 4 nitrogen and oxygen atoms in total. The molecule has 0 amide bonds. The molecule has 0 spiro atoms. The highest BCUT2D eigenvalue weighted by molar-refractivity contribution is 5.92. The molecule has 14 rings (SSSR count). The van der Waals surface area contributed by atoms with Gasteiger partial charge in [0.15, 0.2) is 0 Å². The zero-order valence-corrected chi connectivity index (χ0v) is 54.0. The van der Waals surface area contributed by atoms with Gasteiger partial charge in [-0.1, -0.05) is 213 Å². The summed E-state index contributed by atoms with van der Waals surface area (Å²) in [5.41, 5.74) is 28.9. The Balaban J connectivity index is 0.826. The first-order valence-corrected chi connectivity index (χ1v) is 33.2. The number of fused-ring (bicyclic) bond motifs is 9. The van der Waals surface area contributed by atoms with Gasteiger partial charge in [0.05, 0.1) is 0 Å². The van der Waals surface area contributed by atoms with E-state index in [0.29, 0.717) is 0 Å². The number of hydrogen-bond acceptors (Lipinski definition) is 4. The summed E-state index contributed by atoms with van der Waals surface area (Å²) in [5, 5.41) is 0. The van der Waals surface area contributed by atoms with Gasteiger partial charge in [-0.25, -0.2) is 0 Å². The number of para-hydroxylation sites is 5. The van der Waals surface area contributed by atoms with E-state index in [-0.39, 0.29) is 16.7 Å². The molecule has 3 aliphatic carbocycles. The Labute approximate surface area is 546 Å². The van der Waals surface area contributed by atoms with Crippen molar-refractivity contribution in [3.05, 3.63) is 318 Å². The topological polar surface area (TPSA) is 13.0 Å². The van der Waals surface area contributed by atoms with Crippen LogP contribution in [0.25, 0.3) is 33.4 Å². The third-order valence-electron chi connectivity index (χ3n) is 19.8. The third-order valence-corrected chi connectivity index (χ3v) is 19.8. The third kappa shape index (κ3) is 10.8. The number of anilines is 11. The fourth-order valence-electron chi connectivity index (χ4n) is 15.1. The second kappa shape index (κ2) is 25.1. The summed E-state index contributed by atoms with van der Waals surface area (Å²) in [4.78, 5) is 9.66. The Kier molecular flexibility index (Phi) is 16.2. The van der Waals surface area contributed by atoms with E-state index < -0.39 is 0 Å². The van der Waals surface area contributed by atoms with Gasteiger partial charge in [-0.15, -0.1) is 6.42 Å². The van der Waals surface area contributed by atoms with Crippen molar-refractivity contribution in [2.75, 3.05) is 19.6 Å². The van der Waals surface area contributed by atoms with Gasteiger partial charge in [-0.3, -0.25) is 0 Å². The fourth-order valence-corrected chi connectivity index (χ4v) is 15.1. The summed E-state index contributed by atoms with van der Waals surface area (Å²) < 4.78 is 0. The summed E-state index contributed by atoms with van der Waals surface area (Å²) >= 11 is 0. The van der Waals surface area contributed by atoms with Gasteiger partial charge in [-0.05, 0) is 226 Å². The van der Waals surface area contributed by atoms with Crippen LogP contribution in [0, 0.1) is 12.3 Å². The molecule has 0 aromatic heterocycles. The van der Waals surface area contributed by atoms with Gasteiger partial charge >= 0.3 is 0 Å². The Morgan fingerprint density at radius 2 is 0.685 bits per heavy atom. The minimum atomic E-state index is -0.293. The van der Waals surface area contributed by atoms with Gasteiger partial charge < -0.3 is 19.6 Å². The van der Waals surface area contributed by atoms with Crippen LogP contribution in [0.1, 0.15) is 126 Å². The lowest BCUT2D eigenvalue weighted by molar-refractivity contribution is 0.571. The molecule has 4 heteroatoms. The number of unbranched alkanes of at least 4 members (excludes halogenated alkanes) is 5. The summed E-state index contributed by atoms with van der Waals surface area (Å²) in [5.74, 6) is 2.93. The highest BCUT2D eigenvalue weighted by Crippen LogP contribution is 2.56. The molecule has 11 aromatic carbocycles. The van der Waals surface area contributed by atoms with Crippen LogP contribution in [0.3, 0.4) is 0 Å². The van der Waals surface area contributed by atoms with E-state index in [1.54, 1.807) is 6.08 Å². The Morgan fingerprint density at radius 3 is 1.05 bits per heavy atom. The predicted octanol–water partition coefficient (Wildman–Crippen LogP) is 24.8. The molecule has 1 unspecified atom stereocenters. The molecule has 0 fully saturated rings. The monoisotopic (exact) mass is 1190 g/mol. The van der Waals surface area contributed by atoms with Crippen molar-refractivity contribution < 1.29 is 0 Å². The zero-order chi connectivity index (χ0) is 62.9. The second-order valence-corrected chi connectivity index (χ2v) is 26.1. The van der Waals surface area contributed by atoms with E-state index in [0.717, 1.165) is 69.0 Å².